The lowest BCUT2D eigenvalue weighted by Crippen LogP contribution is -2.54. The van der Waals surface area contributed by atoms with E-state index in [4.69, 9.17) is 11.6 Å². The topological polar surface area (TPSA) is 35.6 Å². The van der Waals surface area contributed by atoms with Crippen LogP contribution < -0.4 is 10.2 Å². The van der Waals surface area contributed by atoms with Gasteiger partial charge < -0.3 is 15.1 Å². The summed E-state index contributed by atoms with van der Waals surface area (Å²) < 4.78 is 0. The average Bonchev–Trinajstić information content (AvgIpc) is 2.57. The van der Waals surface area contributed by atoms with Crippen LogP contribution in [0.25, 0.3) is 0 Å². The number of amides is 2. The van der Waals surface area contributed by atoms with Crippen molar-refractivity contribution < 1.29 is 4.79 Å². The van der Waals surface area contributed by atoms with E-state index in [1.807, 2.05) is 17.0 Å². The first-order chi connectivity index (χ1) is 11.5. The van der Waals surface area contributed by atoms with Crippen molar-refractivity contribution in [2.75, 3.05) is 29.9 Å². The molecule has 5 heteroatoms. The van der Waals surface area contributed by atoms with Crippen LogP contribution in [0.15, 0.2) is 48.5 Å². The lowest BCUT2D eigenvalue weighted by Gasteiger charge is -2.41. The molecular weight excluding hydrogens is 322 g/mol. The van der Waals surface area contributed by atoms with Crippen molar-refractivity contribution >= 4 is 29.0 Å². The molecule has 0 aromatic heterocycles. The molecule has 0 saturated carbocycles. The number of piperazine rings is 1. The molecule has 126 valence electrons. The first-order valence-electron chi connectivity index (χ1n) is 8.18. The Morgan fingerprint density at radius 2 is 1.92 bits per heavy atom. The number of anilines is 2. The number of nitrogens with one attached hydrogen (secondary N) is 1. The second-order valence-corrected chi connectivity index (χ2v) is 6.70. The molecule has 1 aliphatic rings. The Hall–Kier alpha value is -2.20. The van der Waals surface area contributed by atoms with Crippen LogP contribution in [-0.2, 0) is 0 Å². The van der Waals surface area contributed by atoms with E-state index in [0.29, 0.717) is 18.1 Å². The van der Waals surface area contributed by atoms with Crippen LogP contribution in [0.2, 0.25) is 5.02 Å². The zero-order valence-electron chi connectivity index (χ0n) is 14.0. The molecule has 0 unspecified atom stereocenters. The molecule has 1 saturated heterocycles. The number of hydrogen-bond donors (Lipinski definition) is 1. The van der Waals surface area contributed by atoms with E-state index >= 15 is 0 Å². The van der Waals surface area contributed by atoms with Gasteiger partial charge in [0, 0.05) is 42.1 Å². The van der Waals surface area contributed by atoms with Gasteiger partial charge in [-0.2, -0.15) is 0 Å². The second kappa shape index (κ2) is 7.14. The number of aryl methyl sites for hydroxylation is 1. The van der Waals surface area contributed by atoms with E-state index in [1.165, 1.54) is 11.3 Å². The summed E-state index contributed by atoms with van der Waals surface area (Å²) in [5.41, 5.74) is 3.24. The molecule has 0 bridgehead atoms. The molecule has 2 aromatic rings. The van der Waals surface area contributed by atoms with Crippen molar-refractivity contribution in [2.24, 2.45) is 0 Å². The Bertz CT molecular complexity index is 717. The summed E-state index contributed by atoms with van der Waals surface area (Å²) in [6.07, 6.45) is 0. The monoisotopic (exact) mass is 343 g/mol. The third-order valence-corrected chi connectivity index (χ3v) is 4.60. The van der Waals surface area contributed by atoms with Crippen LogP contribution in [-0.4, -0.2) is 36.6 Å². The number of nitrogens with zero attached hydrogens (tertiary/aromatic N) is 2. The van der Waals surface area contributed by atoms with E-state index < -0.39 is 0 Å². The summed E-state index contributed by atoms with van der Waals surface area (Å²) in [4.78, 5) is 16.7. The number of benzene rings is 2. The predicted molar refractivity (Wildman–Crippen MR) is 100 cm³/mol. The fourth-order valence-corrected chi connectivity index (χ4v) is 3.19. The first kappa shape index (κ1) is 16.7. The van der Waals surface area contributed by atoms with E-state index in [0.717, 1.165) is 12.2 Å². The fraction of sp³-hybridized carbons (Fsp3) is 0.316. The van der Waals surface area contributed by atoms with Crippen LogP contribution >= 0.6 is 11.6 Å². The SMILES string of the molecule is Cc1cccc(N2CCN(C(=O)Nc3ccc(Cl)cc3)C[C@@H]2C)c1. The average molecular weight is 344 g/mol. The third-order valence-electron chi connectivity index (χ3n) is 4.34. The molecule has 1 heterocycles. The third kappa shape index (κ3) is 3.82. The zero-order chi connectivity index (χ0) is 17.1. The van der Waals surface area contributed by atoms with Crippen LogP contribution in [0.3, 0.4) is 0 Å². The highest BCUT2D eigenvalue weighted by Gasteiger charge is 2.26. The van der Waals surface area contributed by atoms with Gasteiger partial charge in [-0.25, -0.2) is 4.79 Å². The smallest absolute Gasteiger partial charge is 0.321 e. The van der Waals surface area contributed by atoms with Crippen molar-refractivity contribution in [3.05, 3.63) is 59.1 Å². The molecule has 1 N–H and O–H groups in total. The summed E-state index contributed by atoms with van der Waals surface area (Å²) in [7, 11) is 0. The van der Waals surface area contributed by atoms with Crippen molar-refractivity contribution in [3.63, 3.8) is 0 Å². The van der Waals surface area contributed by atoms with E-state index in [2.05, 4.69) is 48.3 Å². The quantitative estimate of drug-likeness (QED) is 0.877. The van der Waals surface area contributed by atoms with Gasteiger partial charge in [-0.05, 0) is 55.8 Å². The van der Waals surface area contributed by atoms with Gasteiger partial charge in [-0.1, -0.05) is 23.7 Å². The minimum absolute atomic E-state index is 0.0620. The largest absolute Gasteiger partial charge is 0.365 e. The molecule has 2 aromatic carbocycles. The molecular formula is C19H22ClN3O. The molecule has 1 aliphatic heterocycles. The molecule has 24 heavy (non-hydrogen) atoms. The van der Waals surface area contributed by atoms with E-state index in [1.54, 1.807) is 12.1 Å². The second-order valence-electron chi connectivity index (χ2n) is 6.26. The number of urea groups is 1. The lowest BCUT2D eigenvalue weighted by molar-refractivity contribution is 0.200. The van der Waals surface area contributed by atoms with Gasteiger partial charge >= 0.3 is 6.03 Å². The molecule has 0 aliphatic carbocycles. The predicted octanol–water partition coefficient (Wildman–Crippen LogP) is 4.39. The Kier molecular flexibility index (Phi) is 4.95. The van der Waals surface area contributed by atoms with Crippen LogP contribution in [0, 0.1) is 6.92 Å². The van der Waals surface area contributed by atoms with Gasteiger partial charge in [0.1, 0.15) is 0 Å². The van der Waals surface area contributed by atoms with Crippen LogP contribution in [0.1, 0.15) is 12.5 Å². The van der Waals surface area contributed by atoms with Gasteiger partial charge in [0.25, 0.3) is 0 Å². The summed E-state index contributed by atoms with van der Waals surface area (Å²) in [5, 5.41) is 3.59. The van der Waals surface area contributed by atoms with Gasteiger partial charge in [-0.15, -0.1) is 0 Å². The highest BCUT2D eigenvalue weighted by atomic mass is 35.5. The molecule has 2 amide bonds. The fourth-order valence-electron chi connectivity index (χ4n) is 3.07. The maximum absolute atomic E-state index is 12.5. The summed E-state index contributed by atoms with van der Waals surface area (Å²) in [6.45, 7) is 6.50. The van der Waals surface area contributed by atoms with Crippen molar-refractivity contribution in [1.82, 2.24) is 4.90 Å². The molecule has 0 radical (unpaired) electrons. The maximum atomic E-state index is 12.5. The maximum Gasteiger partial charge on any atom is 0.321 e. The highest BCUT2D eigenvalue weighted by molar-refractivity contribution is 6.30. The minimum atomic E-state index is -0.0620. The molecule has 3 rings (SSSR count). The standard InChI is InChI=1S/C19H22ClN3O/c1-14-4-3-5-18(12-14)23-11-10-22(13-15(23)2)19(24)21-17-8-6-16(20)7-9-17/h3-9,12,15H,10-11,13H2,1-2H3,(H,21,24)/t15-/m0/s1. The normalized spacial score (nSPS) is 17.7. The Morgan fingerprint density at radius 3 is 2.58 bits per heavy atom. The van der Waals surface area contributed by atoms with Gasteiger partial charge in [0.2, 0.25) is 0 Å². The van der Waals surface area contributed by atoms with Crippen molar-refractivity contribution in [1.29, 1.82) is 0 Å². The number of carbonyl (C=O) groups is 1. The number of halogens is 1. The lowest BCUT2D eigenvalue weighted by atomic mass is 10.1. The molecule has 4 nitrogen and oxygen atoms in total. The Morgan fingerprint density at radius 1 is 1.17 bits per heavy atom. The number of hydrogen-bond acceptors (Lipinski definition) is 2. The number of carbonyl (C=O) groups excluding carboxylic acids is 1. The molecule has 1 fully saturated rings. The van der Waals surface area contributed by atoms with Crippen LogP contribution in [0.4, 0.5) is 16.2 Å². The minimum Gasteiger partial charge on any atom is -0.365 e. The van der Waals surface area contributed by atoms with Crippen molar-refractivity contribution in [3.8, 4) is 0 Å². The highest BCUT2D eigenvalue weighted by Crippen LogP contribution is 2.22. The van der Waals surface area contributed by atoms with Crippen molar-refractivity contribution in [2.45, 2.75) is 19.9 Å². The number of rotatable bonds is 2. The Balaban J connectivity index is 1.62. The van der Waals surface area contributed by atoms with Gasteiger partial charge in [0.15, 0.2) is 0 Å². The summed E-state index contributed by atoms with van der Waals surface area (Å²) >= 11 is 5.87. The Labute approximate surface area is 148 Å². The zero-order valence-corrected chi connectivity index (χ0v) is 14.8. The van der Waals surface area contributed by atoms with Crippen LogP contribution in [0.5, 0.6) is 0 Å². The van der Waals surface area contributed by atoms with E-state index in [9.17, 15) is 4.79 Å². The summed E-state index contributed by atoms with van der Waals surface area (Å²) in [5.74, 6) is 0. The van der Waals surface area contributed by atoms with Gasteiger partial charge in [-0.3, -0.25) is 0 Å². The van der Waals surface area contributed by atoms with Gasteiger partial charge in [0.05, 0.1) is 0 Å². The first-order valence-corrected chi connectivity index (χ1v) is 8.55. The summed E-state index contributed by atoms with van der Waals surface area (Å²) in [6, 6.07) is 15.9. The molecule has 0 spiro atoms. The molecule has 1 atom stereocenters. The van der Waals surface area contributed by atoms with E-state index in [-0.39, 0.29) is 12.1 Å².